The van der Waals surface area contributed by atoms with E-state index in [1.807, 2.05) is 25.3 Å². The predicted molar refractivity (Wildman–Crippen MR) is 54.3 cm³/mol. The molecule has 0 bridgehead atoms. The lowest BCUT2D eigenvalue weighted by Gasteiger charge is -1.92. The van der Waals surface area contributed by atoms with Gasteiger partial charge in [0, 0.05) is 6.20 Å². The number of hydrogen-bond donors (Lipinski definition) is 0. The lowest BCUT2D eigenvalue weighted by Crippen LogP contribution is -1.97. The van der Waals surface area contributed by atoms with Gasteiger partial charge in [0.25, 0.3) is 0 Å². The number of pyridine rings is 1. The third kappa shape index (κ3) is 1.66. The van der Waals surface area contributed by atoms with E-state index in [-0.39, 0.29) is 5.78 Å². The van der Waals surface area contributed by atoms with E-state index in [0.29, 0.717) is 6.42 Å². The number of aryl methyl sites for hydroxylation is 1. The standard InChI is InChI=1S/C11H12N2O/c1-8-3-4-13-11(5-8)7-10(12-13)6-9(2)14/h3-5,7H,6H2,1-2H3. The van der Waals surface area contributed by atoms with Crippen LogP contribution < -0.4 is 0 Å². The molecule has 0 aliphatic rings. The second-order valence-electron chi connectivity index (χ2n) is 3.59. The molecule has 2 rings (SSSR count). The van der Waals surface area contributed by atoms with Crippen molar-refractivity contribution in [3.8, 4) is 0 Å². The Morgan fingerprint density at radius 3 is 3.00 bits per heavy atom. The van der Waals surface area contributed by atoms with Crippen LogP contribution in [0.5, 0.6) is 0 Å². The van der Waals surface area contributed by atoms with E-state index in [9.17, 15) is 4.79 Å². The Labute approximate surface area is 82.4 Å². The molecule has 14 heavy (non-hydrogen) atoms. The van der Waals surface area contributed by atoms with E-state index in [1.54, 1.807) is 11.4 Å². The second-order valence-corrected chi connectivity index (χ2v) is 3.59. The number of Topliss-reactive ketones (excluding diaryl/α,β-unsaturated/α-hetero) is 1. The molecule has 0 amide bonds. The zero-order chi connectivity index (χ0) is 10.1. The van der Waals surface area contributed by atoms with Crippen LogP contribution in [-0.2, 0) is 11.2 Å². The molecule has 3 nitrogen and oxygen atoms in total. The number of hydrogen-bond acceptors (Lipinski definition) is 2. The first-order valence-electron chi connectivity index (χ1n) is 4.59. The van der Waals surface area contributed by atoms with Crippen molar-refractivity contribution in [2.45, 2.75) is 20.3 Å². The summed E-state index contributed by atoms with van der Waals surface area (Å²) < 4.78 is 1.80. The molecule has 0 N–H and O–H groups in total. The maximum atomic E-state index is 10.9. The number of rotatable bonds is 2. The SMILES string of the molecule is CC(=O)Cc1cc2cc(C)ccn2n1. The van der Waals surface area contributed by atoms with E-state index < -0.39 is 0 Å². The van der Waals surface area contributed by atoms with E-state index in [0.717, 1.165) is 11.2 Å². The van der Waals surface area contributed by atoms with E-state index in [4.69, 9.17) is 0 Å². The Balaban J connectivity index is 2.46. The van der Waals surface area contributed by atoms with E-state index in [2.05, 4.69) is 11.2 Å². The van der Waals surface area contributed by atoms with Gasteiger partial charge in [-0.1, -0.05) is 0 Å². The minimum atomic E-state index is 0.144. The van der Waals surface area contributed by atoms with Gasteiger partial charge in [0.2, 0.25) is 0 Å². The molecule has 3 heteroatoms. The Bertz CT molecular complexity index is 485. The summed E-state index contributed by atoms with van der Waals surface area (Å²) in [6.07, 6.45) is 2.33. The summed E-state index contributed by atoms with van der Waals surface area (Å²) in [5.74, 6) is 0.144. The van der Waals surface area contributed by atoms with Crippen LogP contribution in [0, 0.1) is 6.92 Å². The lowest BCUT2D eigenvalue weighted by molar-refractivity contribution is -0.116. The highest BCUT2D eigenvalue weighted by atomic mass is 16.1. The normalized spacial score (nSPS) is 10.7. The van der Waals surface area contributed by atoms with E-state index in [1.165, 1.54) is 5.56 Å². The van der Waals surface area contributed by atoms with Gasteiger partial charge in [-0.25, -0.2) is 4.52 Å². The van der Waals surface area contributed by atoms with Crippen molar-refractivity contribution < 1.29 is 4.79 Å². The predicted octanol–water partition coefficient (Wildman–Crippen LogP) is 1.77. The van der Waals surface area contributed by atoms with Crippen molar-refractivity contribution in [2.24, 2.45) is 0 Å². The third-order valence-corrected chi connectivity index (χ3v) is 2.10. The topological polar surface area (TPSA) is 34.4 Å². The molecule has 72 valence electrons. The molecule has 2 aromatic heterocycles. The molecule has 0 aliphatic heterocycles. The third-order valence-electron chi connectivity index (χ3n) is 2.10. The molecule has 0 atom stereocenters. The summed E-state index contributed by atoms with van der Waals surface area (Å²) in [6, 6.07) is 6.00. The van der Waals surface area contributed by atoms with Gasteiger partial charge in [0.15, 0.2) is 0 Å². The molecule has 0 aromatic carbocycles. The molecule has 0 unspecified atom stereocenters. The summed E-state index contributed by atoms with van der Waals surface area (Å²) in [5.41, 5.74) is 3.08. The molecule has 0 fully saturated rings. The zero-order valence-corrected chi connectivity index (χ0v) is 8.32. The van der Waals surface area contributed by atoms with Gasteiger partial charge in [-0.15, -0.1) is 0 Å². The quantitative estimate of drug-likeness (QED) is 0.719. The summed E-state index contributed by atoms with van der Waals surface area (Å²) in [5, 5.41) is 4.29. The highest BCUT2D eigenvalue weighted by molar-refractivity contribution is 5.78. The summed E-state index contributed by atoms with van der Waals surface area (Å²) >= 11 is 0. The number of carbonyl (C=O) groups excluding carboxylic acids is 1. The summed E-state index contributed by atoms with van der Waals surface area (Å²) in [7, 11) is 0. The van der Waals surface area contributed by atoms with Gasteiger partial charge in [0.05, 0.1) is 17.6 Å². The van der Waals surface area contributed by atoms with E-state index >= 15 is 0 Å². The fourth-order valence-electron chi connectivity index (χ4n) is 1.50. The maximum absolute atomic E-state index is 10.9. The van der Waals surface area contributed by atoms with Gasteiger partial charge in [-0.05, 0) is 37.6 Å². The Morgan fingerprint density at radius 1 is 1.50 bits per heavy atom. The van der Waals surface area contributed by atoms with Crippen molar-refractivity contribution in [2.75, 3.05) is 0 Å². The second kappa shape index (κ2) is 3.25. The van der Waals surface area contributed by atoms with Gasteiger partial charge < -0.3 is 0 Å². The van der Waals surface area contributed by atoms with Crippen molar-refractivity contribution in [3.05, 3.63) is 35.7 Å². The molecule has 0 saturated carbocycles. The number of fused-ring (bicyclic) bond motifs is 1. The van der Waals surface area contributed by atoms with Crippen LogP contribution in [0.3, 0.4) is 0 Å². The van der Waals surface area contributed by atoms with Crippen LogP contribution in [0.1, 0.15) is 18.2 Å². The van der Waals surface area contributed by atoms with Crippen molar-refractivity contribution in [1.29, 1.82) is 0 Å². The molecule has 0 spiro atoms. The van der Waals surface area contributed by atoms with Gasteiger partial charge >= 0.3 is 0 Å². The largest absolute Gasteiger partial charge is 0.300 e. The monoisotopic (exact) mass is 188 g/mol. The fraction of sp³-hybridized carbons (Fsp3) is 0.273. The first-order chi connectivity index (χ1) is 6.65. The average Bonchev–Trinajstić information content (AvgIpc) is 2.44. The number of ketones is 1. The maximum Gasteiger partial charge on any atom is 0.135 e. The average molecular weight is 188 g/mol. The minimum Gasteiger partial charge on any atom is -0.300 e. The molecule has 0 saturated heterocycles. The highest BCUT2D eigenvalue weighted by Crippen LogP contribution is 2.09. The van der Waals surface area contributed by atoms with Gasteiger partial charge in [-0.3, -0.25) is 4.79 Å². The van der Waals surface area contributed by atoms with Crippen LogP contribution in [0.25, 0.3) is 5.52 Å². The Hall–Kier alpha value is -1.64. The Morgan fingerprint density at radius 2 is 2.29 bits per heavy atom. The van der Waals surface area contributed by atoms with Gasteiger partial charge in [-0.2, -0.15) is 5.10 Å². The fourth-order valence-corrected chi connectivity index (χ4v) is 1.50. The molecule has 0 aliphatic carbocycles. The molecular formula is C11H12N2O. The number of aromatic nitrogens is 2. The van der Waals surface area contributed by atoms with Crippen molar-refractivity contribution >= 4 is 11.3 Å². The molecular weight excluding hydrogens is 176 g/mol. The van der Waals surface area contributed by atoms with Crippen LogP contribution in [0.4, 0.5) is 0 Å². The molecule has 2 aromatic rings. The molecule has 0 radical (unpaired) electrons. The summed E-state index contributed by atoms with van der Waals surface area (Å²) in [4.78, 5) is 10.9. The van der Waals surface area contributed by atoms with Crippen LogP contribution in [-0.4, -0.2) is 15.4 Å². The van der Waals surface area contributed by atoms with Crippen LogP contribution in [0.15, 0.2) is 24.4 Å². The van der Waals surface area contributed by atoms with Gasteiger partial charge in [0.1, 0.15) is 5.78 Å². The number of carbonyl (C=O) groups is 1. The first-order valence-corrected chi connectivity index (χ1v) is 4.59. The Kier molecular flexibility index (Phi) is 2.08. The highest BCUT2D eigenvalue weighted by Gasteiger charge is 2.03. The smallest absolute Gasteiger partial charge is 0.135 e. The number of nitrogens with zero attached hydrogens (tertiary/aromatic N) is 2. The summed E-state index contributed by atoms with van der Waals surface area (Å²) in [6.45, 7) is 3.62. The van der Waals surface area contributed by atoms with Crippen molar-refractivity contribution in [3.63, 3.8) is 0 Å². The molecule has 2 heterocycles. The lowest BCUT2D eigenvalue weighted by atomic mass is 10.2. The van der Waals surface area contributed by atoms with Crippen molar-refractivity contribution in [1.82, 2.24) is 9.61 Å². The van der Waals surface area contributed by atoms with Crippen LogP contribution >= 0.6 is 0 Å². The van der Waals surface area contributed by atoms with Crippen LogP contribution in [0.2, 0.25) is 0 Å². The minimum absolute atomic E-state index is 0.144. The zero-order valence-electron chi connectivity index (χ0n) is 8.32. The first kappa shape index (κ1) is 8.94.